The molecule has 0 saturated carbocycles. The van der Waals surface area contributed by atoms with Gasteiger partial charge in [-0.25, -0.2) is 4.79 Å². The molecular weight excluding hydrogens is 285 g/mol. The largest absolute Gasteiger partial charge is 0.417 e. The summed E-state index contributed by atoms with van der Waals surface area (Å²) in [5.41, 5.74) is 5.08. The number of nitrogens with one attached hydrogen (secondary N) is 1. The Morgan fingerprint density at radius 2 is 2.05 bits per heavy atom. The highest BCUT2D eigenvalue weighted by molar-refractivity contribution is 5.84. The first-order chi connectivity index (χ1) is 9.89. The lowest BCUT2D eigenvalue weighted by Crippen LogP contribution is -2.22. The standard InChI is InChI=1S/C13H11F3N4O/c14-13(15,16)9-4-2-1-3-7(9)10-8-5-6-18-11(8)20(19-10)12(17)21/h1-4,18H,5-6H2,(H2,17,21). The van der Waals surface area contributed by atoms with Gasteiger partial charge in [0.25, 0.3) is 0 Å². The minimum atomic E-state index is -4.49. The molecule has 0 atom stereocenters. The normalized spacial score (nSPS) is 13.9. The van der Waals surface area contributed by atoms with Crippen molar-refractivity contribution in [3.63, 3.8) is 0 Å². The van der Waals surface area contributed by atoms with Gasteiger partial charge in [-0.2, -0.15) is 23.0 Å². The first-order valence-electron chi connectivity index (χ1n) is 6.22. The molecule has 0 aliphatic carbocycles. The number of anilines is 1. The summed E-state index contributed by atoms with van der Waals surface area (Å²) in [7, 11) is 0. The van der Waals surface area contributed by atoms with E-state index in [0.717, 1.165) is 10.7 Å². The van der Waals surface area contributed by atoms with Crippen LogP contribution in [0, 0.1) is 0 Å². The van der Waals surface area contributed by atoms with E-state index in [1.54, 1.807) is 0 Å². The topological polar surface area (TPSA) is 72.9 Å². The van der Waals surface area contributed by atoms with E-state index in [1.807, 2.05) is 0 Å². The van der Waals surface area contributed by atoms with Crippen LogP contribution in [0.5, 0.6) is 0 Å². The summed E-state index contributed by atoms with van der Waals surface area (Å²) < 4.78 is 40.2. The summed E-state index contributed by atoms with van der Waals surface area (Å²) >= 11 is 0. The molecule has 3 N–H and O–H groups in total. The maximum Gasteiger partial charge on any atom is 0.417 e. The Bertz CT molecular complexity index is 721. The molecule has 1 aromatic carbocycles. The molecule has 5 nitrogen and oxygen atoms in total. The van der Waals surface area contributed by atoms with Gasteiger partial charge in [0.2, 0.25) is 0 Å². The number of rotatable bonds is 1. The number of fused-ring (bicyclic) bond motifs is 1. The second-order valence-corrected chi connectivity index (χ2v) is 4.65. The summed E-state index contributed by atoms with van der Waals surface area (Å²) in [4.78, 5) is 11.3. The molecule has 2 aromatic rings. The maximum absolute atomic E-state index is 13.1. The molecule has 0 bridgehead atoms. The van der Waals surface area contributed by atoms with E-state index < -0.39 is 17.8 Å². The van der Waals surface area contributed by atoms with Gasteiger partial charge in [-0.05, 0) is 12.5 Å². The van der Waals surface area contributed by atoms with Crippen LogP contribution in [0.2, 0.25) is 0 Å². The van der Waals surface area contributed by atoms with E-state index in [-0.39, 0.29) is 11.3 Å². The Labute approximate surface area is 117 Å². The monoisotopic (exact) mass is 296 g/mol. The summed E-state index contributed by atoms with van der Waals surface area (Å²) in [6.07, 6.45) is -4.00. The first kappa shape index (κ1) is 13.5. The number of aromatic nitrogens is 2. The molecule has 3 rings (SSSR count). The maximum atomic E-state index is 13.1. The summed E-state index contributed by atoms with van der Waals surface area (Å²) in [5.74, 6) is 0.370. The second kappa shape index (κ2) is 4.51. The van der Waals surface area contributed by atoms with Crippen molar-refractivity contribution in [2.75, 3.05) is 11.9 Å². The second-order valence-electron chi connectivity index (χ2n) is 4.65. The van der Waals surface area contributed by atoms with Crippen LogP contribution >= 0.6 is 0 Å². The average molecular weight is 296 g/mol. The highest BCUT2D eigenvalue weighted by Gasteiger charge is 2.36. The van der Waals surface area contributed by atoms with Crippen LogP contribution in [-0.4, -0.2) is 22.4 Å². The Balaban J connectivity index is 2.24. The Morgan fingerprint density at radius 3 is 2.71 bits per heavy atom. The van der Waals surface area contributed by atoms with Crippen LogP contribution in [0.1, 0.15) is 11.1 Å². The fraction of sp³-hybridized carbons (Fsp3) is 0.231. The SMILES string of the molecule is NC(=O)n1nc(-c2ccccc2C(F)(F)F)c2c1NCC2. The van der Waals surface area contributed by atoms with Crippen molar-refractivity contribution in [2.24, 2.45) is 5.73 Å². The van der Waals surface area contributed by atoms with Gasteiger partial charge in [-0.3, -0.25) is 0 Å². The molecule has 1 aliphatic heterocycles. The van der Waals surface area contributed by atoms with Crippen LogP contribution < -0.4 is 11.1 Å². The molecule has 2 heterocycles. The zero-order valence-corrected chi connectivity index (χ0v) is 10.7. The number of benzene rings is 1. The van der Waals surface area contributed by atoms with Crippen molar-refractivity contribution < 1.29 is 18.0 Å². The number of halogens is 3. The number of alkyl halides is 3. The van der Waals surface area contributed by atoms with Crippen LogP contribution in [0.3, 0.4) is 0 Å². The number of carbonyl (C=O) groups is 1. The first-order valence-corrected chi connectivity index (χ1v) is 6.22. The number of nitrogens with two attached hydrogens (primary N) is 1. The van der Waals surface area contributed by atoms with Crippen LogP contribution in [0.4, 0.5) is 23.8 Å². The smallest absolute Gasteiger partial charge is 0.369 e. The van der Waals surface area contributed by atoms with E-state index >= 15 is 0 Å². The third-order valence-corrected chi connectivity index (χ3v) is 3.35. The molecule has 1 aliphatic rings. The highest BCUT2D eigenvalue weighted by atomic mass is 19.4. The Kier molecular flexibility index (Phi) is 2.89. The predicted molar refractivity (Wildman–Crippen MR) is 69.8 cm³/mol. The minimum absolute atomic E-state index is 0.0510. The lowest BCUT2D eigenvalue weighted by molar-refractivity contribution is -0.137. The summed E-state index contributed by atoms with van der Waals surface area (Å²) in [6.45, 7) is 0.529. The lowest BCUT2D eigenvalue weighted by Gasteiger charge is -2.11. The molecule has 1 aromatic heterocycles. The molecular formula is C13H11F3N4O. The van der Waals surface area contributed by atoms with Crippen LogP contribution in [0.15, 0.2) is 24.3 Å². The molecule has 0 fully saturated rings. The zero-order valence-electron chi connectivity index (χ0n) is 10.7. The average Bonchev–Trinajstić information content (AvgIpc) is 2.98. The van der Waals surface area contributed by atoms with Gasteiger partial charge < -0.3 is 11.1 Å². The van der Waals surface area contributed by atoms with E-state index in [0.29, 0.717) is 24.3 Å². The van der Waals surface area contributed by atoms with Crippen LogP contribution in [0.25, 0.3) is 11.3 Å². The number of nitrogens with zero attached hydrogens (tertiary/aromatic N) is 2. The van der Waals surface area contributed by atoms with Crippen molar-refractivity contribution in [1.82, 2.24) is 9.78 Å². The fourth-order valence-corrected chi connectivity index (χ4v) is 2.49. The third kappa shape index (κ3) is 2.12. The Morgan fingerprint density at radius 1 is 1.33 bits per heavy atom. The van der Waals surface area contributed by atoms with Crippen molar-refractivity contribution in [3.05, 3.63) is 35.4 Å². The molecule has 8 heteroatoms. The predicted octanol–water partition coefficient (Wildman–Crippen LogP) is 2.46. The van der Waals surface area contributed by atoms with Gasteiger partial charge in [0.1, 0.15) is 5.82 Å². The summed E-state index contributed by atoms with van der Waals surface area (Å²) in [5, 5.41) is 6.87. The Hall–Kier alpha value is -2.51. The number of primary amides is 1. The quantitative estimate of drug-likeness (QED) is 0.849. The lowest BCUT2D eigenvalue weighted by atomic mass is 10.0. The van der Waals surface area contributed by atoms with Crippen molar-refractivity contribution in [1.29, 1.82) is 0 Å². The van der Waals surface area contributed by atoms with Gasteiger partial charge in [0.15, 0.2) is 0 Å². The van der Waals surface area contributed by atoms with Crippen molar-refractivity contribution in [2.45, 2.75) is 12.6 Å². The van der Waals surface area contributed by atoms with Gasteiger partial charge >= 0.3 is 12.2 Å². The van der Waals surface area contributed by atoms with Gasteiger partial charge in [-0.15, -0.1) is 0 Å². The summed E-state index contributed by atoms with van der Waals surface area (Å²) in [6, 6.07) is 4.32. The number of hydrogen-bond acceptors (Lipinski definition) is 3. The molecule has 110 valence electrons. The third-order valence-electron chi connectivity index (χ3n) is 3.35. The number of amides is 1. The van der Waals surface area contributed by atoms with Crippen molar-refractivity contribution in [3.8, 4) is 11.3 Å². The molecule has 0 radical (unpaired) electrons. The van der Waals surface area contributed by atoms with E-state index in [4.69, 9.17) is 5.73 Å². The van der Waals surface area contributed by atoms with Gasteiger partial charge in [0.05, 0.1) is 11.3 Å². The van der Waals surface area contributed by atoms with Gasteiger partial charge in [-0.1, -0.05) is 18.2 Å². The molecule has 0 spiro atoms. The van der Waals surface area contributed by atoms with E-state index in [9.17, 15) is 18.0 Å². The number of hydrogen-bond donors (Lipinski definition) is 2. The zero-order chi connectivity index (χ0) is 15.2. The van der Waals surface area contributed by atoms with E-state index in [1.165, 1.54) is 18.2 Å². The molecule has 0 unspecified atom stereocenters. The fourth-order valence-electron chi connectivity index (χ4n) is 2.49. The van der Waals surface area contributed by atoms with Crippen LogP contribution in [-0.2, 0) is 12.6 Å². The van der Waals surface area contributed by atoms with E-state index in [2.05, 4.69) is 10.4 Å². The van der Waals surface area contributed by atoms with Crippen molar-refractivity contribution >= 4 is 11.8 Å². The van der Waals surface area contributed by atoms with Gasteiger partial charge in [0, 0.05) is 17.7 Å². The highest BCUT2D eigenvalue weighted by Crippen LogP contribution is 2.40. The molecule has 0 saturated heterocycles. The number of carbonyl (C=O) groups excluding carboxylic acids is 1. The molecule has 1 amide bonds. The molecule has 21 heavy (non-hydrogen) atoms. The minimum Gasteiger partial charge on any atom is -0.369 e.